The van der Waals surface area contributed by atoms with Crippen LogP contribution in [0.3, 0.4) is 0 Å². The normalized spacial score (nSPS) is 38.6. The highest BCUT2D eigenvalue weighted by Gasteiger charge is 2.65. The van der Waals surface area contributed by atoms with Crippen molar-refractivity contribution in [3.63, 3.8) is 0 Å². The molecule has 0 aliphatic heterocycles. The second-order valence-electron chi connectivity index (χ2n) is 7.36. The van der Waals surface area contributed by atoms with E-state index >= 15 is 0 Å². The van der Waals surface area contributed by atoms with Crippen molar-refractivity contribution in [2.75, 3.05) is 6.61 Å². The average Bonchev–Trinajstić information content (AvgIpc) is 2.81. The van der Waals surface area contributed by atoms with Gasteiger partial charge in [0, 0.05) is 36.2 Å². The molecule has 0 saturated heterocycles. The summed E-state index contributed by atoms with van der Waals surface area (Å²) in [4.78, 5) is 0. The summed E-state index contributed by atoms with van der Waals surface area (Å²) in [7, 11) is 2.00. The number of nitrogens with zero attached hydrogens (tertiary/aromatic N) is 2. The van der Waals surface area contributed by atoms with Gasteiger partial charge < -0.3 is 10.5 Å². The van der Waals surface area contributed by atoms with Crippen molar-refractivity contribution < 1.29 is 4.74 Å². The Balaban J connectivity index is 2.07. The third kappa shape index (κ3) is 1.47. The molecule has 4 nitrogen and oxygen atoms in total. The van der Waals surface area contributed by atoms with Crippen molar-refractivity contribution >= 4 is 0 Å². The first-order chi connectivity index (χ1) is 9.26. The number of nitrogens with two attached hydrogens (primary N) is 1. The van der Waals surface area contributed by atoms with Gasteiger partial charge in [0.15, 0.2) is 0 Å². The van der Waals surface area contributed by atoms with E-state index in [0.717, 1.165) is 25.9 Å². The van der Waals surface area contributed by atoms with Gasteiger partial charge in [0.1, 0.15) is 0 Å². The van der Waals surface area contributed by atoms with Crippen LogP contribution in [0.2, 0.25) is 0 Å². The quantitative estimate of drug-likeness (QED) is 0.901. The molecular weight excluding hydrogens is 250 g/mol. The molecule has 2 unspecified atom stereocenters. The molecule has 3 rings (SSSR count). The molecule has 0 spiro atoms. The van der Waals surface area contributed by atoms with Gasteiger partial charge in [-0.05, 0) is 31.7 Å². The lowest BCUT2D eigenvalue weighted by atomic mass is 9.51. The van der Waals surface area contributed by atoms with E-state index in [9.17, 15) is 0 Å². The maximum absolute atomic E-state index is 7.01. The van der Waals surface area contributed by atoms with Gasteiger partial charge in [0.2, 0.25) is 0 Å². The van der Waals surface area contributed by atoms with E-state index in [2.05, 4.69) is 33.9 Å². The Hall–Kier alpha value is -0.870. The summed E-state index contributed by atoms with van der Waals surface area (Å²) < 4.78 is 7.94. The summed E-state index contributed by atoms with van der Waals surface area (Å²) in [5, 5.41) is 4.72. The average molecular weight is 277 g/mol. The van der Waals surface area contributed by atoms with Gasteiger partial charge in [-0.1, -0.05) is 20.8 Å². The molecule has 0 amide bonds. The molecule has 0 aromatic carbocycles. The smallest absolute Gasteiger partial charge is 0.0734 e. The van der Waals surface area contributed by atoms with Crippen LogP contribution in [0.15, 0.2) is 6.20 Å². The minimum absolute atomic E-state index is 0.0410. The minimum atomic E-state index is -0.274. The van der Waals surface area contributed by atoms with Crippen molar-refractivity contribution in [1.29, 1.82) is 0 Å². The topological polar surface area (TPSA) is 53.1 Å². The molecule has 2 aliphatic carbocycles. The number of rotatable bonds is 2. The first-order valence-corrected chi connectivity index (χ1v) is 7.70. The fourth-order valence-electron chi connectivity index (χ4n) is 4.68. The third-order valence-electron chi connectivity index (χ3n) is 6.11. The van der Waals surface area contributed by atoms with Crippen molar-refractivity contribution in [3.8, 4) is 0 Å². The van der Waals surface area contributed by atoms with Crippen LogP contribution in [0.1, 0.15) is 51.8 Å². The Morgan fingerprint density at radius 3 is 2.80 bits per heavy atom. The van der Waals surface area contributed by atoms with Crippen molar-refractivity contribution in [2.24, 2.45) is 18.2 Å². The maximum Gasteiger partial charge on any atom is 0.0734 e. The summed E-state index contributed by atoms with van der Waals surface area (Å²) in [5.74, 6) is 0. The zero-order valence-electron chi connectivity index (χ0n) is 13.4. The summed E-state index contributed by atoms with van der Waals surface area (Å²) in [6.45, 7) is 9.67. The fourth-order valence-corrected chi connectivity index (χ4v) is 4.68. The van der Waals surface area contributed by atoms with Gasteiger partial charge in [-0.2, -0.15) is 5.10 Å². The van der Waals surface area contributed by atoms with Crippen LogP contribution in [-0.4, -0.2) is 28.0 Å². The molecular formula is C16H27N3O. The molecule has 2 aliphatic rings. The van der Waals surface area contributed by atoms with Gasteiger partial charge in [0.05, 0.1) is 11.8 Å². The van der Waals surface area contributed by atoms with Crippen LogP contribution in [-0.2, 0) is 23.6 Å². The number of aromatic nitrogens is 2. The molecule has 112 valence electrons. The Kier molecular flexibility index (Phi) is 2.87. The third-order valence-corrected chi connectivity index (χ3v) is 6.11. The molecule has 1 saturated carbocycles. The van der Waals surface area contributed by atoms with E-state index in [-0.39, 0.29) is 22.5 Å². The van der Waals surface area contributed by atoms with Gasteiger partial charge in [-0.25, -0.2) is 0 Å². The second kappa shape index (κ2) is 4.08. The zero-order valence-corrected chi connectivity index (χ0v) is 13.4. The highest BCUT2D eigenvalue weighted by Crippen LogP contribution is 2.59. The van der Waals surface area contributed by atoms with Crippen LogP contribution in [0.5, 0.6) is 0 Å². The Morgan fingerprint density at radius 1 is 1.45 bits per heavy atom. The van der Waals surface area contributed by atoms with E-state index in [1.807, 2.05) is 11.7 Å². The second-order valence-corrected chi connectivity index (χ2v) is 7.36. The zero-order chi connectivity index (χ0) is 14.8. The van der Waals surface area contributed by atoms with E-state index in [4.69, 9.17) is 15.6 Å². The van der Waals surface area contributed by atoms with Gasteiger partial charge >= 0.3 is 0 Å². The van der Waals surface area contributed by atoms with E-state index in [1.54, 1.807) is 0 Å². The Bertz CT molecular complexity index is 536. The van der Waals surface area contributed by atoms with E-state index in [0.29, 0.717) is 0 Å². The van der Waals surface area contributed by atoms with Crippen LogP contribution in [0.4, 0.5) is 0 Å². The lowest BCUT2D eigenvalue weighted by Gasteiger charge is -2.58. The molecule has 4 heteroatoms. The van der Waals surface area contributed by atoms with Crippen molar-refractivity contribution in [3.05, 3.63) is 17.5 Å². The van der Waals surface area contributed by atoms with Crippen molar-refractivity contribution in [2.45, 2.75) is 64.0 Å². The first-order valence-electron chi connectivity index (χ1n) is 7.70. The highest BCUT2D eigenvalue weighted by atomic mass is 16.5. The van der Waals surface area contributed by atoms with Gasteiger partial charge in [-0.15, -0.1) is 0 Å². The number of ether oxygens (including phenoxy) is 1. The van der Waals surface area contributed by atoms with Gasteiger partial charge in [0.25, 0.3) is 0 Å². The lowest BCUT2D eigenvalue weighted by molar-refractivity contribution is -0.110. The summed E-state index contributed by atoms with van der Waals surface area (Å²) >= 11 is 0. The van der Waals surface area contributed by atoms with E-state index in [1.165, 1.54) is 11.3 Å². The Morgan fingerprint density at radius 2 is 2.15 bits per heavy atom. The van der Waals surface area contributed by atoms with Crippen LogP contribution < -0.4 is 5.73 Å². The predicted octanol–water partition coefficient (Wildman–Crippen LogP) is 2.16. The molecule has 1 heterocycles. The number of fused-ring (bicyclic) bond motifs is 3. The fraction of sp³-hybridized carbons (Fsp3) is 0.812. The standard InChI is InChI=1S/C16H27N3O/c1-6-20-12-7-8-15(4)13-11(10-19(5)18-13)9-16(15,17)14(12,2)3/h10,12H,6-9,17H2,1-5H3/t12?,15-,16?/m1/s1. The van der Waals surface area contributed by atoms with E-state index < -0.39 is 0 Å². The first kappa shape index (κ1) is 14.1. The molecule has 1 aromatic rings. The molecule has 0 bridgehead atoms. The maximum atomic E-state index is 7.01. The molecule has 20 heavy (non-hydrogen) atoms. The molecule has 0 radical (unpaired) electrons. The lowest BCUT2D eigenvalue weighted by Crippen LogP contribution is -2.70. The molecule has 1 aromatic heterocycles. The molecule has 3 atom stereocenters. The van der Waals surface area contributed by atoms with Gasteiger partial charge in [-0.3, -0.25) is 4.68 Å². The van der Waals surface area contributed by atoms with Crippen LogP contribution in [0.25, 0.3) is 0 Å². The van der Waals surface area contributed by atoms with Crippen molar-refractivity contribution in [1.82, 2.24) is 9.78 Å². The Labute approximate surface area is 121 Å². The SMILES string of the molecule is CCOC1CC[C@]2(C)c3nn(C)cc3CC2(N)C1(C)C. The monoisotopic (exact) mass is 277 g/mol. The molecule has 2 N–H and O–H groups in total. The predicted molar refractivity (Wildman–Crippen MR) is 79.6 cm³/mol. The highest BCUT2D eigenvalue weighted by molar-refractivity contribution is 5.43. The van der Waals surface area contributed by atoms with Crippen LogP contribution in [0, 0.1) is 5.41 Å². The molecule has 1 fully saturated rings. The summed E-state index contributed by atoms with van der Waals surface area (Å²) in [6, 6.07) is 0. The summed E-state index contributed by atoms with van der Waals surface area (Å²) in [6.07, 6.45) is 5.40. The number of hydrogen-bond acceptors (Lipinski definition) is 3. The van der Waals surface area contributed by atoms with Crippen LogP contribution >= 0.6 is 0 Å². The summed E-state index contributed by atoms with van der Waals surface area (Å²) in [5.41, 5.74) is 9.18. The largest absolute Gasteiger partial charge is 0.378 e. The minimum Gasteiger partial charge on any atom is -0.378 e. The number of aryl methyl sites for hydroxylation is 1. The number of hydrogen-bond donors (Lipinski definition) is 1.